The Morgan fingerprint density at radius 1 is 1.67 bits per heavy atom. The van der Waals surface area contributed by atoms with Crippen LogP contribution in [0.4, 0.5) is 5.69 Å². The van der Waals surface area contributed by atoms with Gasteiger partial charge in [0.1, 0.15) is 5.60 Å². The SMILES string of the molecule is CC1OCCC1(O)CNc1ccc(C#N)cc1Br. The van der Waals surface area contributed by atoms with Crippen molar-refractivity contribution < 1.29 is 9.84 Å². The second kappa shape index (κ2) is 5.27. The highest BCUT2D eigenvalue weighted by Crippen LogP contribution is 2.28. The molecular formula is C13H15BrN2O2. The first-order chi connectivity index (χ1) is 8.55. The number of benzene rings is 1. The number of nitrogens with zero attached hydrogens (tertiary/aromatic N) is 1. The van der Waals surface area contributed by atoms with Gasteiger partial charge in [-0.25, -0.2) is 0 Å². The third kappa shape index (κ3) is 2.66. The molecule has 1 aliphatic heterocycles. The molecule has 2 rings (SSSR count). The van der Waals surface area contributed by atoms with Gasteiger partial charge in [-0.2, -0.15) is 5.26 Å². The molecule has 0 aliphatic carbocycles. The molecule has 2 unspecified atom stereocenters. The maximum absolute atomic E-state index is 10.4. The van der Waals surface area contributed by atoms with Crippen LogP contribution in [0.2, 0.25) is 0 Å². The summed E-state index contributed by atoms with van der Waals surface area (Å²) in [5, 5.41) is 22.3. The van der Waals surface area contributed by atoms with Crippen molar-refractivity contribution in [1.82, 2.24) is 0 Å². The monoisotopic (exact) mass is 310 g/mol. The van der Waals surface area contributed by atoms with E-state index in [4.69, 9.17) is 10.00 Å². The second-order valence-electron chi connectivity index (χ2n) is 4.53. The molecule has 0 saturated carbocycles. The quantitative estimate of drug-likeness (QED) is 0.899. The van der Waals surface area contributed by atoms with E-state index in [1.807, 2.05) is 13.0 Å². The van der Waals surface area contributed by atoms with E-state index in [-0.39, 0.29) is 6.10 Å². The second-order valence-corrected chi connectivity index (χ2v) is 5.38. The summed E-state index contributed by atoms with van der Waals surface area (Å²) in [5.74, 6) is 0. The van der Waals surface area contributed by atoms with Crippen molar-refractivity contribution in [3.63, 3.8) is 0 Å². The molecule has 1 aliphatic rings. The predicted octanol–water partition coefficient (Wildman–Crippen LogP) is 2.27. The lowest BCUT2D eigenvalue weighted by Crippen LogP contribution is -2.43. The summed E-state index contributed by atoms with van der Waals surface area (Å²) in [6.45, 7) is 2.90. The molecule has 1 aromatic carbocycles. The first-order valence-electron chi connectivity index (χ1n) is 5.83. The third-order valence-corrected chi connectivity index (χ3v) is 4.00. The van der Waals surface area contributed by atoms with E-state index in [1.165, 1.54) is 0 Å². The van der Waals surface area contributed by atoms with Crippen LogP contribution in [0, 0.1) is 11.3 Å². The highest BCUT2D eigenvalue weighted by Gasteiger charge is 2.39. The van der Waals surface area contributed by atoms with E-state index in [0.29, 0.717) is 25.1 Å². The van der Waals surface area contributed by atoms with Gasteiger partial charge < -0.3 is 15.2 Å². The highest BCUT2D eigenvalue weighted by atomic mass is 79.9. The Kier molecular flexibility index (Phi) is 3.91. The van der Waals surface area contributed by atoms with Gasteiger partial charge in [-0.05, 0) is 41.1 Å². The molecule has 0 bridgehead atoms. The van der Waals surface area contributed by atoms with Crippen LogP contribution >= 0.6 is 15.9 Å². The molecule has 0 aromatic heterocycles. The number of anilines is 1. The van der Waals surface area contributed by atoms with E-state index in [0.717, 1.165) is 10.2 Å². The van der Waals surface area contributed by atoms with Crippen LogP contribution in [0.5, 0.6) is 0 Å². The smallest absolute Gasteiger partial charge is 0.110 e. The topological polar surface area (TPSA) is 65.3 Å². The molecule has 1 saturated heterocycles. The molecule has 0 spiro atoms. The highest BCUT2D eigenvalue weighted by molar-refractivity contribution is 9.10. The van der Waals surface area contributed by atoms with Gasteiger partial charge in [0.2, 0.25) is 0 Å². The summed E-state index contributed by atoms with van der Waals surface area (Å²) < 4.78 is 6.20. The van der Waals surface area contributed by atoms with Crippen molar-refractivity contribution in [2.45, 2.75) is 25.0 Å². The normalized spacial score (nSPS) is 26.9. The Balaban J connectivity index is 2.05. The fourth-order valence-corrected chi connectivity index (χ4v) is 2.50. The van der Waals surface area contributed by atoms with Crippen LogP contribution in [-0.4, -0.2) is 30.0 Å². The van der Waals surface area contributed by atoms with Crippen molar-refractivity contribution in [1.29, 1.82) is 5.26 Å². The van der Waals surface area contributed by atoms with E-state index in [1.54, 1.807) is 12.1 Å². The lowest BCUT2D eigenvalue weighted by molar-refractivity contribution is -0.0176. The van der Waals surface area contributed by atoms with Crippen LogP contribution in [0.1, 0.15) is 18.9 Å². The van der Waals surface area contributed by atoms with Crippen molar-refractivity contribution in [3.8, 4) is 6.07 Å². The number of halogens is 1. The van der Waals surface area contributed by atoms with Gasteiger partial charge in [-0.15, -0.1) is 0 Å². The third-order valence-electron chi connectivity index (χ3n) is 3.34. The number of ether oxygens (including phenoxy) is 1. The Hall–Kier alpha value is -1.09. The molecule has 96 valence electrons. The number of hydrogen-bond donors (Lipinski definition) is 2. The van der Waals surface area contributed by atoms with Crippen molar-refractivity contribution in [2.75, 3.05) is 18.5 Å². The summed E-state index contributed by atoms with van der Waals surface area (Å²) in [6.07, 6.45) is 0.469. The largest absolute Gasteiger partial charge is 0.385 e. The Morgan fingerprint density at radius 3 is 3.00 bits per heavy atom. The lowest BCUT2D eigenvalue weighted by Gasteiger charge is -2.27. The molecular weight excluding hydrogens is 296 g/mol. The first-order valence-corrected chi connectivity index (χ1v) is 6.62. The van der Waals surface area contributed by atoms with Gasteiger partial charge in [-0.3, -0.25) is 0 Å². The minimum absolute atomic E-state index is 0.165. The van der Waals surface area contributed by atoms with E-state index < -0.39 is 5.60 Å². The molecule has 5 heteroatoms. The van der Waals surface area contributed by atoms with Crippen LogP contribution in [0.3, 0.4) is 0 Å². The van der Waals surface area contributed by atoms with Crippen molar-refractivity contribution >= 4 is 21.6 Å². The van der Waals surface area contributed by atoms with E-state index >= 15 is 0 Å². The minimum Gasteiger partial charge on any atom is -0.385 e. The summed E-state index contributed by atoms with van der Waals surface area (Å²) in [6, 6.07) is 7.40. The fraction of sp³-hybridized carbons (Fsp3) is 0.462. The molecule has 1 heterocycles. The van der Waals surface area contributed by atoms with Gasteiger partial charge >= 0.3 is 0 Å². The molecule has 0 amide bonds. The van der Waals surface area contributed by atoms with Gasteiger partial charge in [0.15, 0.2) is 0 Å². The zero-order chi connectivity index (χ0) is 13.2. The average Bonchev–Trinajstić information content (AvgIpc) is 2.68. The average molecular weight is 311 g/mol. The summed E-state index contributed by atoms with van der Waals surface area (Å²) >= 11 is 3.40. The standard InChI is InChI=1S/C13H15BrN2O2/c1-9-13(17,4-5-18-9)8-16-12-3-2-10(7-15)6-11(12)14/h2-3,6,9,16-17H,4-5,8H2,1H3. The zero-order valence-electron chi connectivity index (χ0n) is 10.1. The first kappa shape index (κ1) is 13.3. The van der Waals surface area contributed by atoms with Gasteiger partial charge in [0.05, 0.1) is 17.7 Å². The molecule has 2 atom stereocenters. The number of aliphatic hydroxyl groups is 1. The van der Waals surface area contributed by atoms with Gasteiger partial charge in [0, 0.05) is 29.7 Å². The van der Waals surface area contributed by atoms with Crippen LogP contribution < -0.4 is 5.32 Å². The predicted molar refractivity (Wildman–Crippen MR) is 72.3 cm³/mol. The molecule has 18 heavy (non-hydrogen) atoms. The summed E-state index contributed by atoms with van der Waals surface area (Å²) in [4.78, 5) is 0. The molecule has 4 nitrogen and oxygen atoms in total. The Labute approximate surface area is 115 Å². The van der Waals surface area contributed by atoms with Crippen LogP contribution in [0.25, 0.3) is 0 Å². The lowest BCUT2D eigenvalue weighted by atomic mass is 9.96. The van der Waals surface area contributed by atoms with Crippen LogP contribution in [0.15, 0.2) is 22.7 Å². The number of hydrogen-bond acceptors (Lipinski definition) is 4. The molecule has 1 fully saturated rings. The fourth-order valence-electron chi connectivity index (χ4n) is 1.98. The van der Waals surface area contributed by atoms with Crippen molar-refractivity contribution in [3.05, 3.63) is 28.2 Å². The van der Waals surface area contributed by atoms with Gasteiger partial charge in [-0.1, -0.05) is 0 Å². The van der Waals surface area contributed by atoms with E-state index in [2.05, 4.69) is 27.3 Å². The van der Waals surface area contributed by atoms with E-state index in [9.17, 15) is 5.11 Å². The van der Waals surface area contributed by atoms with Gasteiger partial charge in [0.25, 0.3) is 0 Å². The molecule has 1 aromatic rings. The summed E-state index contributed by atoms with van der Waals surface area (Å²) in [5.41, 5.74) is 0.637. The molecule has 0 radical (unpaired) electrons. The number of rotatable bonds is 3. The Morgan fingerprint density at radius 2 is 2.44 bits per heavy atom. The number of nitrogens with one attached hydrogen (secondary N) is 1. The summed E-state index contributed by atoms with van der Waals surface area (Å²) in [7, 11) is 0. The maximum atomic E-state index is 10.4. The zero-order valence-corrected chi connectivity index (χ0v) is 11.7. The van der Waals surface area contributed by atoms with Crippen molar-refractivity contribution in [2.24, 2.45) is 0 Å². The van der Waals surface area contributed by atoms with Crippen LogP contribution in [-0.2, 0) is 4.74 Å². The minimum atomic E-state index is -0.826. The maximum Gasteiger partial charge on any atom is 0.110 e. The number of nitriles is 1. The molecule has 2 N–H and O–H groups in total. The Bertz CT molecular complexity index is 486.